The Balaban J connectivity index is 2.43. The number of carbonyl (C=O) groups excluding carboxylic acids is 2. The Labute approximate surface area is 104 Å². The quantitative estimate of drug-likeness (QED) is 0.793. The predicted molar refractivity (Wildman–Crippen MR) is 63.2 cm³/mol. The van der Waals surface area contributed by atoms with Gasteiger partial charge in [0.1, 0.15) is 11.9 Å². The zero-order chi connectivity index (χ0) is 13.5. The average molecular weight is 254 g/mol. The summed E-state index contributed by atoms with van der Waals surface area (Å²) in [6.45, 7) is 1.54. The second-order valence-electron chi connectivity index (χ2n) is 3.66. The van der Waals surface area contributed by atoms with E-state index in [1.807, 2.05) is 0 Å². The molecule has 0 saturated heterocycles. The number of rotatable bonds is 4. The second kappa shape index (κ2) is 6.58. The Kier molecular flexibility index (Phi) is 5.10. The summed E-state index contributed by atoms with van der Waals surface area (Å²) in [4.78, 5) is 22.5. The van der Waals surface area contributed by atoms with Crippen molar-refractivity contribution in [3.63, 3.8) is 0 Å². The van der Waals surface area contributed by atoms with E-state index >= 15 is 0 Å². The van der Waals surface area contributed by atoms with Crippen molar-refractivity contribution >= 4 is 12.0 Å². The van der Waals surface area contributed by atoms with Gasteiger partial charge < -0.3 is 15.4 Å². The van der Waals surface area contributed by atoms with E-state index in [2.05, 4.69) is 15.4 Å². The van der Waals surface area contributed by atoms with Crippen molar-refractivity contribution < 1.29 is 18.7 Å². The van der Waals surface area contributed by atoms with Crippen LogP contribution in [0, 0.1) is 5.82 Å². The summed E-state index contributed by atoms with van der Waals surface area (Å²) in [5.41, 5.74) is 0.373. The van der Waals surface area contributed by atoms with Crippen LogP contribution < -0.4 is 10.6 Å². The van der Waals surface area contributed by atoms with Gasteiger partial charge in [-0.15, -0.1) is 0 Å². The average Bonchev–Trinajstić information content (AvgIpc) is 2.36. The van der Waals surface area contributed by atoms with Gasteiger partial charge in [-0.05, 0) is 13.0 Å². The molecule has 0 bridgehead atoms. The molecule has 18 heavy (non-hydrogen) atoms. The van der Waals surface area contributed by atoms with Gasteiger partial charge in [0.25, 0.3) is 0 Å². The molecule has 2 amide bonds. The molecule has 1 aromatic carbocycles. The number of methoxy groups -OCH3 is 1. The smallest absolute Gasteiger partial charge is 0.328 e. The van der Waals surface area contributed by atoms with E-state index in [1.54, 1.807) is 18.2 Å². The summed E-state index contributed by atoms with van der Waals surface area (Å²) in [5, 5.41) is 4.83. The SMILES string of the molecule is COC(=O)[C@H](C)NC(=O)NCc1ccccc1F. The van der Waals surface area contributed by atoms with Crippen LogP contribution in [0.5, 0.6) is 0 Å². The van der Waals surface area contributed by atoms with E-state index in [0.717, 1.165) is 0 Å². The molecule has 0 aromatic heterocycles. The lowest BCUT2D eigenvalue weighted by Crippen LogP contribution is -2.44. The normalized spacial score (nSPS) is 11.5. The molecular weight excluding hydrogens is 239 g/mol. The third-order valence-corrected chi connectivity index (χ3v) is 2.30. The topological polar surface area (TPSA) is 67.4 Å². The highest BCUT2D eigenvalue weighted by Gasteiger charge is 2.15. The Morgan fingerprint density at radius 2 is 2.06 bits per heavy atom. The molecule has 0 saturated carbocycles. The number of hydrogen-bond donors (Lipinski definition) is 2. The van der Waals surface area contributed by atoms with Gasteiger partial charge in [-0.2, -0.15) is 0 Å². The molecule has 1 aromatic rings. The molecule has 0 spiro atoms. The van der Waals surface area contributed by atoms with Crippen molar-refractivity contribution in [2.24, 2.45) is 0 Å². The molecule has 98 valence electrons. The first-order chi connectivity index (χ1) is 8.54. The number of nitrogens with one attached hydrogen (secondary N) is 2. The molecule has 5 nitrogen and oxygen atoms in total. The molecule has 1 atom stereocenters. The lowest BCUT2D eigenvalue weighted by Gasteiger charge is -2.12. The van der Waals surface area contributed by atoms with Crippen molar-refractivity contribution in [3.8, 4) is 0 Å². The summed E-state index contributed by atoms with van der Waals surface area (Å²) < 4.78 is 17.7. The van der Waals surface area contributed by atoms with Crippen molar-refractivity contribution in [3.05, 3.63) is 35.6 Å². The molecule has 0 heterocycles. The van der Waals surface area contributed by atoms with Crippen LogP contribution in [0.2, 0.25) is 0 Å². The lowest BCUT2D eigenvalue weighted by atomic mass is 10.2. The number of benzene rings is 1. The van der Waals surface area contributed by atoms with Gasteiger partial charge in [0.05, 0.1) is 7.11 Å². The minimum atomic E-state index is -0.754. The van der Waals surface area contributed by atoms with Crippen molar-refractivity contribution in [2.45, 2.75) is 19.5 Å². The molecule has 0 aliphatic rings. The van der Waals surface area contributed by atoms with Crippen LogP contribution in [0.4, 0.5) is 9.18 Å². The maximum atomic E-state index is 13.2. The second-order valence-corrected chi connectivity index (χ2v) is 3.66. The van der Waals surface area contributed by atoms with Crippen LogP contribution in [-0.4, -0.2) is 25.2 Å². The van der Waals surface area contributed by atoms with E-state index in [-0.39, 0.29) is 12.4 Å². The first kappa shape index (κ1) is 14.0. The van der Waals surface area contributed by atoms with Crippen molar-refractivity contribution in [1.29, 1.82) is 0 Å². The van der Waals surface area contributed by atoms with Crippen LogP contribution in [0.15, 0.2) is 24.3 Å². The largest absolute Gasteiger partial charge is 0.467 e. The summed E-state index contributed by atoms with van der Waals surface area (Å²) >= 11 is 0. The molecule has 6 heteroatoms. The van der Waals surface area contributed by atoms with Crippen LogP contribution in [0.25, 0.3) is 0 Å². The molecule has 0 radical (unpaired) electrons. The number of hydrogen-bond acceptors (Lipinski definition) is 3. The maximum absolute atomic E-state index is 13.2. The zero-order valence-corrected chi connectivity index (χ0v) is 10.2. The van der Waals surface area contributed by atoms with Gasteiger partial charge in [-0.3, -0.25) is 0 Å². The monoisotopic (exact) mass is 254 g/mol. The Hall–Kier alpha value is -2.11. The summed E-state index contributed by atoms with van der Waals surface area (Å²) in [7, 11) is 1.23. The molecule has 0 aliphatic heterocycles. The Morgan fingerprint density at radius 1 is 1.39 bits per heavy atom. The molecule has 2 N–H and O–H groups in total. The standard InChI is InChI=1S/C12H15FN2O3/c1-8(11(16)18-2)15-12(17)14-7-9-5-3-4-6-10(9)13/h3-6,8H,7H2,1-2H3,(H2,14,15,17)/t8-/m0/s1. The molecule has 0 unspecified atom stereocenters. The number of urea groups is 1. The third-order valence-electron chi connectivity index (χ3n) is 2.30. The number of esters is 1. The van der Waals surface area contributed by atoms with Gasteiger partial charge >= 0.3 is 12.0 Å². The molecule has 0 aliphatic carbocycles. The zero-order valence-electron chi connectivity index (χ0n) is 10.2. The Bertz CT molecular complexity index is 437. The summed E-state index contributed by atoms with van der Waals surface area (Å²) in [6.07, 6.45) is 0. The molecular formula is C12H15FN2O3. The summed E-state index contributed by atoms with van der Waals surface area (Å²) in [6, 6.07) is 4.81. The van der Waals surface area contributed by atoms with Gasteiger partial charge in [-0.1, -0.05) is 18.2 Å². The molecule has 0 fully saturated rings. The van der Waals surface area contributed by atoms with E-state index in [1.165, 1.54) is 20.1 Å². The highest BCUT2D eigenvalue weighted by atomic mass is 19.1. The number of amides is 2. The van der Waals surface area contributed by atoms with Gasteiger partial charge in [0.15, 0.2) is 0 Å². The fraction of sp³-hybridized carbons (Fsp3) is 0.333. The van der Waals surface area contributed by atoms with Crippen LogP contribution in [0.3, 0.4) is 0 Å². The van der Waals surface area contributed by atoms with E-state index in [9.17, 15) is 14.0 Å². The van der Waals surface area contributed by atoms with Crippen molar-refractivity contribution in [1.82, 2.24) is 10.6 Å². The van der Waals surface area contributed by atoms with E-state index in [0.29, 0.717) is 5.56 Å². The lowest BCUT2D eigenvalue weighted by molar-refractivity contribution is -0.142. The number of carbonyl (C=O) groups is 2. The van der Waals surface area contributed by atoms with Crippen molar-refractivity contribution in [2.75, 3.05) is 7.11 Å². The van der Waals surface area contributed by atoms with E-state index < -0.39 is 18.0 Å². The number of halogens is 1. The van der Waals surface area contributed by atoms with Gasteiger partial charge in [0, 0.05) is 12.1 Å². The van der Waals surface area contributed by atoms with Gasteiger partial charge in [0.2, 0.25) is 0 Å². The highest BCUT2D eigenvalue weighted by Crippen LogP contribution is 2.05. The minimum Gasteiger partial charge on any atom is -0.467 e. The molecule has 1 rings (SSSR count). The number of ether oxygens (including phenoxy) is 1. The predicted octanol–water partition coefficient (Wildman–Crippen LogP) is 1.19. The van der Waals surface area contributed by atoms with Crippen LogP contribution in [0.1, 0.15) is 12.5 Å². The maximum Gasteiger partial charge on any atom is 0.328 e. The first-order valence-electron chi connectivity index (χ1n) is 5.40. The third kappa shape index (κ3) is 4.04. The highest BCUT2D eigenvalue weighted by molar-refractivity contribution is 5.83. The summed E-state index contributed by atoms with van der Waals surface area (Å²) in [5.74, 6) is -0.935. The minimum absolute atomic E-state index is 0.0480. The first-order valence-corrected chi connectivity index (χ1v) is 5.40. The fourth-order valence-electron chi connectivity index (χ4n) is 1.30. The van der Waals surface area contributed by atoms with Crippen LogP contribution in [-0.2, 0) is 16.1 Å². The fourth-order valence-corrected chi connectivity index (χ4v) is 1.30. The van der Waals surface area contributed by atoms with Crippen LogP contribution >= 0.6 is 0 Å². The van der Waals surface area contributed by atoms with E-state index in [4.69, 9.17) is 0 Å². The van der Waals surface area contributed by atoms with Gasteiger partial charge in [-0.25, -0.2) is 14.0 Å². The Morgan fingerprint density at radius 3 is 2.67 bits per heavy atom.